The van der Waals surface area contributed by atoms with Gasteiger partial charge in [0.25, 0.3) is 11.5 Å². The maximum absolute atomic E-state index is 12.7. The number of fused-ring (bicyclic) bond motifs is 1. The fourth-order valence-corrected chi connectivity index (χ4v) is 3.18. The minimum Gasteiger partial charge on any atom is -0.267 e. The first-order chi connectivity index (χ1) is 13.6. The Morgan fingerprint density at radius 2 is 1.89 bits per heavy atom. The van der Waals surface area contributed by atoms with Gasteiger partial charge in [-0.3, -0.25) is 9.59 Å². The van der Waals surface area contributed by atoms with E-state index in [-0.39, 0.29) is 11.3 Å². The van der Waals surface area contributed by atoms with Crippen LogP contribution >= 0.6 is 11.8 Å². The average molecular weight is 395 g/mol. The van der Waals surface area contributed by atoms with Crippen LogP contribution in [-0.4, -0.2) is 28.2 Å². The minimum absolute atomic E-state index is 0.182. The van der Waals surface area contributed by atoms with Gasteiger partial charge in [0.2, 0.25) is 0 Å². The second-order valence-electron chi connectivity index (χ2n) is 6.25. The monoisotopic (exact) mass is 394 g/mol. The number of nitrogens with one attached hydrogen (secondary N) is 1. The molecule has 3 rings (SSSR count). The fourth-order valence-electron chi connectivity index (χ4n) is 2.77. The Labute approximate surface area is 167 Å². The third-order valence-corrected chi connectivity index (χ3v) is 5.05. The van der Waals surface area contributed by atoms with E-state index < -0.39 is 5.91 Å². The van der Waals surface area contributed by atoms with Crippen LogP contribution in [0.2, 0.25) is 0 Å². The van der Waals surface area contributed by atoms with Gasteiger partial charge in [0.05, 0.1) is 11.6 Å². The van der Waals surface area contributed by atoms with Gasteiger partial charge in [0.1, 0.15) is 0 Å². The van der Waals surface area contributed by atoms with E-state index in [0.717, 1.165) is 23.3 Å². The van der Waals surface area contributed by atoms with Gasteiger partial charge in [0.15, 0.2) is 5.69 Å². The maximum atomic E-state index is 12.7. The molecule has 0 aliphatic rings. The van der Waals surface area contributed by atoms with E-state index in [1.165, 1.54) is 4.68 Å². The number of hydrogen-bond donors (Lipinski definition) is 1. The van der Waals surface area contributed by atoms with Gasteiger partial charge in [-0.25, -0.2) is 10.1 Å². The van der Waals surface area contributed by atoms with Gasteiger partial charge in [-0.1, -0.05) is 43.7 Å². The first kappa shape index (κ1) is 19.8. The number of aromatic nitrogens is 2. The summed E-state index contributed by atoms with van der Waals surface area (Å²) in [5.74, 6) is -0.446. The van der Waals surface area contributed by atoms with Gasteiger partial charge in [-0.2, -0.15) is 10.2 Å². The Kier molecular flexibility index (Phi) is 6.60. The number of thioether (sulfide) groups is 1. The van der Waals surface area contributed by atoms with E-state index in [9.17, 15) is 9.59 Å². The zero-order chi connectivity index (χ0) is 19.9. The molecule has 28 heavy (non-hydrogen) atoms. The topological polar surface area (TPSA) is 76.3 Å². The molecule has 3 aromatic rings. The lowest BCUT2D eigenvalue weighted by molar-refractivity contribution is 0.0949. The standard InChI is InChI=1S/C21H22N4O2S/c1-3-4-13-25-21(27)18-8-6-5-7-17(18)19(24-25)20(26)23-22-14-15-9-11-16(28-2)12-10-15/h5-12,14H,3-4,13H2,1-2H3,(H,23,26)/b22-14+. The largest absolute Gasteiger partial charge is 0.292 e. The predicted octanol–water partition coefficient (Wildman–Crippen LogP) is 3.68. The van der Waals surface area contributed by atoms with Crippen molar-refractivity contribution in [1.82, 2.24) is 15.2 Å². The third kappa shape index (κ3) is 4.48. The highest BCUT2D eigenvalue weighted by atomic mass is 32.2. The van der Waals surface area contributed by atoms with Gasteiger partial charge in [-0.05, 0) is 36.4 Å². The Morgan fingerprint density at radius 3 is 2.57 bits per heavy atom. The van der Waals surface area contributed by atoms with Gasteiger partial charge >= 0.3 is 0 Å². The highest BCUT2D eigenvalue weighted by molar-refractivity contribution is 7.98. The lowest BCUT2D eigenvalue weighted by Gasteiger charge is -2.09. The van der Waals surface area contributed by atoms with Crippen LogP contribution in [0.4, 0.5) is 0 Å². The van der Waals surface area contributed by atoms with E-state index in [0.29, 0.717) is 17.3 Å². The molecule has 1 heterocycles. The van der Waals surface area contributed by atoms with Gasteiger partial charge in [-0.15, -0.1) is 11.8 Å². The number of rotatable bonds is 7. The van der Waals surface area contributed by atoms with Crippen molar-refractivity contribution < 1.29 is 4.79 Å². The molecule has 2 aromatic carbocycles. The maximum Gasteiger partial charge on any atom is 0.292 e. The number of aryl methyl sites for hydroxylation is 1. The van der Waals surface area contributed by atoms with Crippen molar-refractivity contribution in [2.24, 2.45) is 5.10 Å². The molecule has 1 N–H and O–H groups in total. The fraction of sp³-hybridized carbons (Fsp3) is 0.238. The summed E-state index contributed by atoms with van der Waals surface area (Å²) in [6.45, 7) is 2.52. The van der Waals surface area contributed by atoms with Gasteiger partial charge < -0.3 is 0 Å². The number of unbranched alkanes of at least 4 members (excludes halogenated alkanes) is 1. The summed E-state index contributed by atoms with van der Waals surface area (Å²) in [6, 6.07) is 14.9. The number of benzene rings is 2. The van der Waals surface area contributed by atoms with Crippen molar-refractivity contribution in [3.8, 4) is 0 Å². The highest BCUT2D eigenvalue weighted by Crippen LogP contribution is 2.15. The normalized spacial score (nSPS) is 11.2. The van der Waals surface area contributed by atoms with Crippen molar-refractivity contribution in [1.29, 1.82) is 0 Å². The predicted molar refractivity (Wildman–Crippen MR) is 114 cm³/mol. The van der Waals surface area contributed by atoms with Crippen LogP contribution in [0.25, 0.3) is 10.8 Å². The molecule has 0 fully saturated rings. The molecule has 144 valence electrons. The molecule has 0 saturated carbocycles. The second kappa shape index (κ2) is 9.32. The number of carbonyl (C=O) groups is 1. The molecule has 0 atom stereocenters. The molecular weight excluding hydrogens is 372 g/mol. The third-order valence-electron chi connectivity index (χ3n) is 4.30. The van der Waals surface area contributed by atoms with Crippen LogP contribution in [0.5, 0.6) is 0 Å². The molecule has 0 unspecified atom stereocenters. The van der Waals surface area contributed by atoms with E-state index in [2.05, 4.69) is 15.6 Å². The lowest BCUT2D eigenvalue weighted by Crippen LogP contribution is -2.29. The first-order valence-electron chi connectivity index (χ1n) is 9.11. The Hall–Kier alpha value is -2.93. The summed E-state index contributed by atoms with van der Waals surface area (Å²) >= 11 is 1.66. The second-order valence-corrected chi connectivity index (χ2v) is 7.13. The summed E-state index contributed by atoms with van der Waals surface area (Å²) in [7, 11) is 0. The molecule has 0 spiro atoms. The zero-order valence-electron chi connectivity index (χ0n) is 15.9. The zero-order valence-corrected chi connectivity index (χ0v) is 16.7. The van der Waals surface area contributed by atoms with Gasteiger partial charge in [0, 0.05) is 16.8 Å². The van der Waals surface area contributed by atoms with E-state index in [1.807, 2.05) is 37.4 Å². The molecule has 1 amide bonds. The Balaban J connectivity index is 1.86. The van der Waals surface area contributed by atoms with E-state index in [4.69, 9.17) is 0 Å². The highest BCUT2D eigenvalue weighted by Gasteiger charge is 2.16. The first-order valence-corrected chi connectivity index (χ1v) is 10.3. The van der Waals surface area contributed by atoms with Crippen molar-refractivity contribution >= 4 is 34.7 Å². The molecule has 0 aliphatic heterocycles. The van der Waals surface area contributed by atoms with E-state index >= 15 is 0 Å². The smallest absolute Gasteiger partial charge is 0.267 e. The van der Waals surface area contributed by atoms with Crippen molar-refractivity contribution in [3.63, 3.8) is 0 Å². The molecular formula is C21H22N4O2S. The Bertz CT molecular complexity index is 1060. The number of hydrazone groups is 1. The van der Waals surface area contributed by atoms with Crippen LogP contribution in [0.1, 0.15) is 35.8 Å². The molecule has 0 bridgehead atoms. The van der Waals surface area contributed by atoms with Crippen LogP contribution in [0, 0.1) is 0 Å². The number of amides is 1. The summed E-state index contributed by atoms with van der Waals surface area (Å²) in [5, 5.41) is 9.34. The number of carbonyl (C=O) groups excluding carboxylic acids is 1. The van der Waals surface area contributed by atoms with Crippen molar-refractivity contribution in [2.45, 2.75) is 31.2 Å². The van der Waals surface area contributed by atoms with Crippen LogP contribution in [-0.2, 0) is 6.54 Å². The van der Waals surface area contributed by atoms with Crippen LogP contribution < -0.4 is 11.0 Å². The van der Waals surface area contributed by atoms with E-state index in [1.54, 1.807) is 42.2 Å². The Morgan fingerprint density at radius 1 is 1.18 bits per heavy atom. The quantitative estimate of drug-likeness (QED) is 0.377. The number of hydrogen-bond acceptors (Lipinski definition) is 5. The SMILES string of the molecule is CCCCn1nc(C(=O)N/N=C/c2ccc(SC)cc2)c2ccccc2c1=O. The van der Waals surface area contributed by atoms with Crippen molar-refractivity contribution in [2.75, 3.05) is 6.26 Å². The molecule has 6 nitrogen and oxygen atoms in total. The summed E-state index contributed by atoms with van der Waals surface area (Å²) in [5.41, 5.74) is 3.41. The molecule has 0 aliphatic carbocycles. The van der Waals surface area contributed by atoms with Crippen LogP contribution in [0.15, 0.2) is 63.3 Å². The minimum atomic E-state index is -0.446. The molecule has 7 heteroatoms. The molecule has 0 radical (unpaired) electrons. The molecule has 1 aromatic heterocycles. The summed E-state index contributed by atoms with van der Waals surface area (Å²) in [6.07, 6.45) is 5.34. The van der Waals surface area contributed by atoms with Crippen LogP contribution in [0.3, 0.4) is 0 Å². The molecule has 0 saturated heterocycles. The average Bonchev–Trinajstić information content (AvgIpc) is 2.74. The summed E-state index contributed by atoms with van der Waals surface area (Å²) < 4.78 is 1.37. The lowest BCUT2D eigenvalue weighted by atomic mass is 10.1. The number of nitrogens with zero attached hydrogens (tertiary/aromatic N) is 3. The summed E-state index contributed by atoms with van der Waals surface area (Å²) in [4.78, 5) is 26.4. The van der Waals surface area contributed by atoms with Crippen molar-refractivity contribution in [3.05, 3.63) is 70.1 Å².